The molecule has 18 heavy (non-hydrogen) atoms. The number of halogens is 2. The molecule has 0 radical (unpaired) electrons. The van der Waals surface area contributed by atoms with Crippen LogP contribution in [0.4, 0.5) is 8.78 Å². The van der Waals surface area contributed by atoms with Crippen LogP contribution in [0.5, 0.6) is 0 Å². The summed E-state index contributed by atoms with van der Waals surface area (Å²) < 4.78 is 47.6. The largest absolute Gasteiger partial charge is 0.476 e. The average Bonchev–Trinajstić information content (AvgIpc) is 2.29. The predicted molar refractivity (Wildman–Crippen MR) is 61.9 cm³/mol. The van der Waals surface area contributed by atoms with Gasteiger partial charge in [0.2, 0.25) is 0 Å². The summed E-state index contributed by atoms with van der Waals surface area (Å²) in [6.07, 6.45) is 2.09. The Morgan fingerprint density at radius 2 is 1.56 bits per heavy atom. The summed E-state index contributed by atoms with van der Waals surface area (Å²) in [5, 5.41) is 8.41. The summed E-state index contributed by atoms with van der Waals surface area (Å²) in [4.78, 5) is 10.5. The minimum absolute atomic E-state index is 0.219. The Kier molecular flexibility index (Phi) is 7.59. The van der Waals surface area contributed by atoms with Gasteiger partial charge < -0.3 is 14.2 Å². The number of hydrogen-bond donors (Lipinski definition) is 1. The SMILES string of the molecule is CCCCOP(=O)(OCCCC)C(F)(F)C(=O)O. The molecule has 5 nitrogen and oxygen atoms in total. The Hall–Kier alpha value is -0.520. The lowest BCUT2D eigenvalue weighted by molar-refractivity contribution is -0.156. The molecule has 0 rings (SSSR count). The van der Waals surface area contributed by atoms with Gasteiger partial charge in [-0.25, -0.2) is 4.79 Å². The van der Waals surface area contributed by atoms with Gasteiger partial charge in [-0.1, -0.05) is 26.7 Å². The lowest BCUT2D eigenvalue weighted by Gasteiger charge is -2.23. The molecular weight excluding hydrogens is 269 g/mol. The van der Waals surface area contributed by atoms with Gasteiger partial charge in [0.25, 0.3) is 0 Å². The molecule has 0 aromatic carbocycles. The van der Waals surface area contributed by atoms with Crippen molar-refractivity contribution < 1.29 is 32.3 Å². The molecule has 0 unspecified atom stereocenters. The van der Waals surface area contributed by atoms with Crippen molar-refractivity contribution in [3.8, 4) is 0 Å². The van der Waals surface area contributed by atoms with Crippen molar-refractivity contribution in [3.63, 3.8) is 0 Å². The third kappa shape index (κ3) is 4.63. The molecule has 108 valence electrons. The topological polar surface area (TPSA) is 72.8 Å². The number of hydrogen-bond acceptors (Lipinski definition) is 4. The molecule has 0 aliphatic carbocycles. The first-order valence-corrected chi connectivity index (χ1v) is 7.36. The Balaban J connectivity index is 4.79. The predicted octanol–water partition coefficient (Wildman–Crippen LogP) is 3.49. The third-order valence-corrected chi connectivity index (χ3v) is 4.04. The van der Waals surface area contributed by atoms with E-state index in [9.17, 15) is 18.1 Å². The van der Waals surface area contributed by atoms with Gasteiger partial charge >= 0.3 is 19.2 Å². The van der Waals surface area contributed by atoms with Gasteiger partial charge in [-0.05, 0) is 12.8 Å². The minimum atomic E-state index is -4.97. The molecule has 0 saturated heterocycles. The van der Waals surface area contributed by atoms with Crippen molar-refractivity contribution in [2.24, 2.45) is 0 Å². The Morgan fingerprint density at radius 1 is 1.17 bits per heavy atom. The van der Waals surface area contributed by atoms with Crippen molar-refractivity contribution in [2.75, 3.05) is 13.2 Å². The van der Waals surface area contributed by atoms with E-state index in [0.29, 0.717) is 25.7 Å². The van der Waals surface area contributed by atoms with E-state index in [0.717, 1.165) is 0 Å². The zero-order valence-electron chi connectivity index (χ0n) is 10.5. The fourth-order valence-corrected chi connectivity index (χ4v) is 2.35. The van der Waals surface area contributed by atoms with Crippen LogP contribution < -0.4 is 0 Å². The van der Waals surface area contributed by atoms with E-state index >= 15 is 0 Å². The van der Waals surface area contributed by atoms with Gasteiger partial charge in [0.1, 0.15) is 0 Å². The van der Waals surface area contributed by atoms with Gasteiger partial charge in [0, 0.05) is 0 Å². The molecule has 0 aliphatic rings. The maximum atomic E-state index is 13.3. The minimum Gasteiger partial charge on any atom is -0.476 e. The number of rotatable bonds is 10. The zero-order valence-corrected chi connectivity index (χ0v) is 11.4. The fourth-order valence-electron chi connectivity index (χ4n) is 0.975. The molecule has 0 aromatic heterocycles. The summed E-state index contributed by atoms with van der Waals surface area (Å²) in [5.74, 6) is -2.50. The van der Waals surface area contributed by atoms with Crippen LogP contribution in [-0.4, -0.2) is 30.0 Å². The van der Waals surface area contributed by atoms with Crippen molar-refractivity contribution in [2.45, 2.75) is 45.2 Å². The molecule has 1 N–H and O–H groups in total. The second-order valence-electron chi connectivity index (χ2n) is 3.72. The Bertz CT molecular complexity index is 295. The summed E-state index contributed by atoms with van der Waals surface area (Å²) in [5.41, 5.74) is -4.52. The number of aliphatic carboxylic acids is 1. The molecule has 0 aromatic rings. The van der Waals surface area contributed by atoms with Crippen LogP contribution in [-0.2, 0) is 18.4 Å². The summed E-state index contributed by atoms with van der Waals surface area (Å²) in [6.45, 7) is 3.15. The quantitative estimate of drug-likeness (QED) is 0.492. The van der Waals surface area contributed by atoms with Crippen molar-refractivity contribution in [1.29, 1.82) is 0 Å². The van der Waals surface area contributed by atoms with Gasteiger partial charge in [-0.3, -0.25) is 4.57 Å². The molecule has 0 spiro atoms. The maximum Gasteiger partial charge on any atom is 0.440 e. The molecule has 0 bridgehead atoms. The fraction of sp³-hybridized carbons (Fsp3) is 0.900. The smallest absolute Gasteiger partial charge is 0.440 e. The second kappa shape index (κ2) is 7.81. The van der Waals surface area contributed by atoms with Gasteiger partial charge in [0.15, 0.2) is 0 Å². The van der Waals surface area contributed by atoms with Crippen molar-refractivity contribution in [3.05, 3.63) is 0 Å². The van der Waals surface area contributed by atoms with Gasteiger partial charge in [-0.15, -0.1) is 0 Å². The van der Waals surface area contributed by atoms with E-state index in [1.165, 1.54) is 0 Å². The first kappa shape index (κ1) is 17.5. The monoisotopic (exact) mass is 288 g/mol. The van der Waals surface area contributed by atoms with Gasteiger partial charge in [-0.2, -0.15) is 8.78 Å². The highest BCUT2D eigenvalue weighted by Gasteiger charge is 2.60. The lowest BCUT2D eigenvalue weighted by atomic mass is 10.4. The molecule has 0 fully saturated rings. The molecule has 0 heterocycles. The van der Waals surface area contributed by atoms with Crippen molar-refractivity contribution in [1.82, 2.24) is 0 Å². The van der Waals surface area contributed by atoms with Crippen LogP contribution in [0.25, 0.3) is 0 Å². The number of alkyl halides is 2. The van der Waals surface area contributed by atoms with Crippen LogP contribution in [0, 0.1) is 0 Å². The highest BCUT2D eigenvalue weighted by atomic mass is 31.2. The van der Waals surface area contributed by atoms with Crippen LogP contribution in [0.15, 0.2) is 0 Å². The molecule has 0 amide bonds. The number of unbranched alkanes of at least 4 members (excludes halogenated alkanes) is 2. The van der Waals surface area contributed by atoms with Crippen LogP contribution in [0.2, 0.25) is 0 Å². The molecule has 8 heteroatoms. The van der Waals surface area contributed by atoms with E-state index in [4.69, 9.17) is 5.11 Å². The average molecular weight is 288 g/mol. The first-order valence-electron chi connectivity index (χ1n) is 5.82. The standard InChI is InChI=1S/C10H19F2O5P/c1-3-5-7-16-18(15,17-8-6-4-2)10(11,12)9(13)14/h3-8H2,1-2H3,(H,13,14). The summed E-state index contributed by atoms with van der Waals surface area (Å²) >= 11 is 0. The Labute approximate surface area is 105 Å². The maximum absolute atomic E-state index is 13.3. The third-order valence-electron chi connectivity index (χ3n) is 2.12. The second-order valence-corrected chi connectivity index (χ2v) is 5.79. The summed E-state index contributed by atoms with van der Waals surface area (Å²) in [6, 6.07) is 0. The van der Waals surface area contributed by atoms with Gasteiger partial charge in [0.05, 0.1) is 13.2 Å². The molecule has 0 atom stereocenters. The zero-order chi connectivity index (χ0) is 14.2. The van der Waals surface area contributed by atoms with Crippen LogP contribution >= 0.6 is 7.60 Å². The highest BCUT2D eigenvalue weighted by Crippen LogP contribution is 2.62. The lowest BCUT2D eigenvalue weighted by Crippen LogP contribution is -2.30. The number of carbonyl (C=O) groups is 1. The van der Waals surface area contributed by atoms with Crippen LogP contribution in [0.1, 0.15) is 39.5 Å². The van der Waals surface area contributed by atoms with E-state index in [-0.39, 0.29) is 13.2 Å². The molecular formula is C10H19F2O5P. The highest BCUT2D eigenvalue weighted by molar-refractivity contribution is 7.56. The van der Waals surface area contributed by atoms with E-state index < -0.39 is 19.2 Å². The van der Waals surface area contributed by atoms with Crippen molar-refractivity contribution >= 4 is 13.6 Å². The number of carboxylic acids is 1. The number of carboxylic acid groups (broad SMARTS) is 1. The van der Waals surface area contributed by atoms with E-state index in [1.54, 1.807) is 13.8 Å². The molecule has 0 aliphatic heterocycles. The van der Waals surface area contributed by atoms with E-state index in [1.807, 2.05) is 0 Å². The Morgan fingerprint density at radius 3 is 1.83 bits per heavy atom. The van der Waals surface area contributed by atoms with Crippen LogP contribution in [0.3, 0.4) is 0 Å². The first-order chi connectivity index (χ1) is 8.31. The van der Waals surface area contributed by atoms with E-state index in [2.05, 4.69) is 9.05 Å². The summed E-state index contributed by atoms with van der Waals surface area (Å²) in [7, 11) is -4.97. The normalized spacial score (nSPS) is 12.7. The molecule has 0 saturated carbocycles.